The molecule has 1 N–H and O–H groups in total. The van der Waals surface area contributed by atoms with Crippen molar-refractivity contribution in [2.24, 2.45) is 0 Å². The molecule has 2 aliphatic rings. The van der Waals surface area contributed by atoms with Gasteiger partial charge in [0.15, 0.2) is 0 Å². The van der Waals surface area contributed by atoms with Crippen molar-refractivity contribution >= 4 is 11.8 Å². The molecule has 4 nitrogen and oxygen atoms in total. The highest BCUT2D eigenvalue weighted by Gasteiger charge is 2.20. The van der Waals surface area contributed by atoms with Crippen LogP contribution in [0.5, 0.6) is 0 Å². The van der Waals surface area contributed by atoms with E-state index in [1.54, 1.807) is 0 Å². The van der Waals surface area contributed by atoms with Gasteiger partial charge in [-0.2, -0.15) is 0 Å². The van der Waals surface area contributed by atoms with E-state index in [4.69, 9.17) is 0 Å². The van der Waals surface area contributed by atoms with Gasteiger partial charge in [0.1, 0.15) is 0 Å². The maximum atomic E-state index is 12.6. The normalized spacial score (nSPS) is 17.3. The average molecular weight is 377 g/mol. The third-order valence-corrected chi connectivity index (χ3v) is 5.98. The lowest BCUT2D eigenvalue weighted by atomic mass is 9.89. The molecular formula is C24H28N2O2. The number of likely N-dealkylation sites (tertiary alicyclic amines) is 1. The Kier molecular flexibility index (Phi) is 5.47. The van der Waals surface area contributed by atoms with E-state index in [-0.39, 0.29) is 17.9 Å². The van der Waals surface area contributed by atoms with Gasteiger partial charge in [-0.05, 0) is 73.4 Å². The van der Waals surface area contributed by atoms with Crippen molar-refractivity contribution in [3.63, 3.8) is 0 Å². The Hall–Kier alpha value is -2.62. The lowest BCUT2D eigenvalue weighted by Gasteiger charge is -2.20. The van der Waals surface area contributed by atoms with E-state index in [2.05, 4.69) is 23.5 Å². The Morgan fingerprint density at radius 2 is 1.75 bits per heavy atom. The summed E-state index contributed by atoms with van der Waals surface area (Å²) in [6.45, 7) is 3.50. The first-order chi connectivity index (χ1) is 13.6. The van der Waals surface area contributed by atoms with Crippen LogP contribution in [0.4, 0.5) is 0 Å². The minimum atomic E-state index is -0.0611. The Morgan fingerprint density at radius 3 is 2.46 bits per heavy atom. The summed E-state index contributed by atoms with van der Waals surface area (Å²) in [5.41, 5.74) is 5.78. The Balaban J connectivity index is 1.38. The van der Waals surface area contributed by atoms with Gasteiger partial charge in [0, 0.05) is 25.1 Å². The summed E-state index contributed by atoms with van der Waals surface area (Å²) >= 11 is 0. The summed E-state index contributed by atoms with van der Waals surface area (Å²) in [6.07, 6.45) is 6.45. The third kappa shape index (κ3) is 4.11. The highest BCUT2D eigenvalue weighted by Crippen LogP contribution is 2.25. The molecule has 28 heavy (non-hydrogen) atoms. The summed E-state index contributed by atoms with van der Waals surface area (Å²) in [4.78, 5) is 26.3. The van der Waals surface area contributed by atoms with Crippen LogP contribution in [-0.4, -0.2) is 23.3 Å². The van der Waals surface area contributed by atoms with E-state index >= 15 is 0 Å². The second kappa shape index (κ2) is 8.17. The molecule has 0 spiro atoms. The monoisotopic (exact) mass is 376 g/mol. The van der Waals surface area contributed by atoms with Crippen LogP contribution in [0.3, 0.4) is 0 Å². The second-order valence-corrected chi connectivity index (χ2v) is 8.05. The molecular weight excluding hydrogens is 348 g/mol. The first-order valence-corrected chi connectivity index (χ1v) is 10.4. The van der Waals surface area contributed by atoms with Gasteiger partial charge >= 0.3 is 0 Å². The minimum Gasteiger partial charge on any atom is -0.346 e. The summed E-state index contributed by atoms with van der Waals surface area (Å²) in [6, 6.07) is 14.2. The van der Waals surface area contributed by atoms with Gasteiger partial charge in [-0.15, -0.1) is 0 Å². The van der Waals surface area contributed by atoms with Gasteiger partial charge in [0.2, 0.25) is 5.91 Å². The van der Waals surface area contributed by atoms with Crippen LogP contribution in [0, 0.1) is 0 Å². The van der Waals surface area contributed by atoms with Crippen LogP contribution in [0.25, 0.3) is 0 Å². The number of fused-ring (bicyclic) bond motifs is 1. The summed E-state index contributed by atoms with van der Waals surface area (Å²) < 4.78 is 0. The predicted octanol–water partition coefficient (Wildman–Crippen LogP) is 4.18. The van der Waals surface area contributed by atoms with Gasteiger partial charge in [0.25, 0.3) is 5.91 Å². The molecule has 1 atom stereocenters. The number of hydrogen-bond donors (Lipinski definition) is 1. The smallest absolute Gasteiger partial charge is 0.251 e. The molecule has 0 radical (unpaired) electrons. The topological polar surface area (TPSA) is 49.4 Å². The lowest BCUT2D eigenvalue weighted by Crippen LogP contribution is -2.27. The zero-order valence-electron chi connectivity index (χ0n) is 16.5. The van der Waals surface area contributed by atoms with Crippen molar-refractivity contribution in [3.05, 3.63) is 70.3 Å². The SMILES string of the molecule is CC(NC(=O)c1ccc(CN2CCCC2=O)cc1)c1ccc2c(c1)CCCC2. The van der Waals surface area contributed by atoms with Crippen LogP contribution in [0.1, 0.15) is 71.3 Å². The molecule has 1 aliphatic carbocycles. The maximum absolute atomic E-state index is 12.6. The molecule has 1 saturated heterocycles. The molecule has 2 amide bonds. The molecule has 2 aromatic carbocycles. The number of carbonyl (C=O) groups is 2. The Bertz CT molecular complexity index is 873. The average Bonchev–Trinajstić information content (AvgIpc) is 3.12. The van der Waals surface area contributed by atoms with Crippen molar-refractivity contribution in [3.8, 4) is 0 Å². The van der Waals surface area contributed by atoms with Crippen molar-refractivity contribution in [2.45, 2.75) is 58.0 Å². The van der Waals surface area contributed by atoms with Crippen molar-refractivity contribution in [2.75, 3.05) is 6.54 Å². The van der Waals surface area contributed by atoms with Crippen molar-refractivity contribution in [1.29, 1.82) is 0 Å². The maximum Gasteiger partial charge on any atom is 0.251 e. The Labute approximate surface area is 166 Å². The predicted molar refractivity (Wildman–Crippen MR) is 110 cm³/mol. The zero-order valence-corrected chi connectivity index (χ0v) is 16.5. The molecule has 4 heteroatoms. The standard InChI is InChI=1S/C24H28N2O2/c1-17(21-13-12-19-5-2-3-6-22(19)15-21)25-24(28)20-10-8-18(9-11-20)16-26-14-4-7-23(26)27/h8-13,15,17H,2-7,14,16H2,1H3,(H,25,28). The number of rotatable bonds is 5. The van der Waals surface area contributed by atoms with E-state index in [0.29, 0.717) is 18.5 Å². The zero-order chi connectivity index (χ0) is 19.5. The minimum absolute atomic E-state index is 0.0263. The number of amides is 2. The summed E-state index contributed by atoms with van der Waals surface area (Å²) in [5, 5.41) is 3.12. The number of benzene rings is 2. The molecule has 4 rings (SSSR count). The Morgan fingerprint density at radius 1 is 1.00 bits per heavy atom. The second-order valence-electron chi connectivity index (χ2n) is 8.05. The third-order valence-electron chi connectivity index (χ3n) is 5.98. The van der Waals surface area contributed by atoms with Crippen LogP contribution in [-0.2, 0) is 24.2 Å². The van der Waals surface area contributed by atoms with Crippen molar-refractivity contribution < 1.29 is 9.59 Å². The fraction of sp³-hybridized carbons (Fsp3) is 0.417. The first kappa shape index (κ1) is 18.7. The summed E-state index contributed by atoms with van der Waals surface area (Å²) in [5.74, 6) is 0.162. The van der Waals surface area contributed by atoms with E-state index in [1.165, 1.54) is 30.4 Å². The van der Waals surface area contributed by atoms with Crippen molar-refractivity contribution in [1.82, 2.24) is 10.2 Å². The highest BCUT2D eigenvalue weighted by atomic mass is 16.2. The number of hydrogen-bond acceptors (Lipinski definition) is 2. The fourth-order valence-corrected chi connectivity index (χ4v) is 4.24. The van der Waals surface area contributed by atoms with Gasteiger partial charge in [-0.3, -0.25) is 9.59 Å². The molecule has 1 fully saturated rings. The molecule has 0 bridgehead atoms. The largest absolute Gasteiger partial charge is 0.346 e. The van der Waals surface area contributed by atoms with Crippen LogP contribution in [0.2, 0.25) is 0 Å². The lowest BCUT2D eigenvalue weighted by molar-refractivity contribution is -0.128. The molecule has 2 aromatic rings. The number of carbonyl (C=O) groups excluding carboxylic acids is 2. The fourth-order valence-electron chi connectivity index (χ4n) is 4.24. The van der Waals surface area contributed by atoms with Gasteiger partial charge in [0.05, 0.1) is 6.04 Å². The molecule has 1 aliphatic heterocycles. The van der Waals surface area contributed by atoms with Gasteiger partial charge in [-0.1, -0.05) is 30.3 Å². The quantitative estimate of drug-likeness (QED) is 0.851. The highest BCUT2D eigenvalue weighted by molar-refractivity contribution is 5.94. The number of aryl methyl sites for hydroxylation is 2. The molecule has 0 aromatic heterocycles. The molecule has 1 heterocycles. The molecule has 146 valence electrons. The summed E-state index contributed by atoms with van der Waals surface area (Å²) in [7, 11) is 0. The number of nitrogens with one attached hydrogen (secondary N) is 1. The van der Waals surface area contributed by atoms with E-state index in [9.17, 15) is 9.59 Å². The number of nitrogens with zero attached hydrogens (tertiary/aromatic N) is 1. The van der Waals surface area contributed by atoms with Gasteiger partial charge < -0.3 is 10.2 Å². The van der Waals surface area contributed by atoms with Crippen LogP contribution < -0.4 is 5.32 Å². The van der Waals surface area contributed by atoms with Crippen LogP contribution in [0.15, 0.2) is 42.5 Å². The first-order valence-electron chi connectivity index (χ1n) is 10.4. The van der Waals surface area contributed by atoms with Crippen LogP contribution >= 0.6 is 0 Å². The van der Waals surface area contributed by atoms with Gasteiger partial charge in [-0.25, -0.2) is 0 Å². The van der Waals surface area contributed by atoms with E-state index in [0.717, 1.165) is 30.5 Å². The van der Waals surface area contributed by atoms with E-state index in [1.807, 2.05) is 36.1 Å². The van der Waals surface area contributed by atoms with E-state index < -0.39 is 0 Å². The molecule has 1 unspecified atom stereocenters. The molecule has 0 saturated carbocycles.